The summed E-state index contributed by atoms with van der Waals surface area (Å²) in [5.41, 5.74) is 0.00982. The summed E-state index contributed by atoms with van der Waals surface area (Å²) in [5, 5.41) is 9.90. The average Bonchev–Trinajstić information content (AvgIpc) is 2.38. The largest absolute Gasteiger partial charge is 0.492 e. The molecule has 1 aromatic carbocycles. The van der Waals surface area contributed by atoms with Gasteiger partial charge in [-0.15, -0.1) is 11.6 Å². The molecule has 0 aromatic heterocycles. The highest BCUT2D eigenvalue weighted by Crippen LogP contribution is 2.17. The smallest absolute Gasteiger partial charge is 0.269 e. The lowest BCUT2D eigenvalue weighted by molar-refractivity contribution is -0.384. The Morgan fingerprint density at radius 2 is 2.05 bits per heavy atom. The van der Waals surface area contributed by atoms with Crippen LogP contribution in [0.2, 0.25) is 0 Å². The minimum atomic E-state index is -0.565. The van der Waals surface area contributed by atoms with E-state index in [0.717, 1.165) is 0 Å². The summed E-state index contributed by atoms with van der Waals surface area (Å²) in [7, 11) is 1.64. The number of hydrogen-bond donors (Lipinski definition) is 0. The third kappa shape index (κ3) is 4.75. The van der Waals surface area contributed by atoms with Crippen LogP contribution in [0.25, 0.3) is 0 Å². The van der Waals surface area contributed by atoms with Crippen molar-refractivity contribution >= 4 is 23.2 Å². The number of amides is 1. The number of alkyl halides is 1. The van der Waals surface area contributed by atoms with Crippen molar-refractivity contribution in [2.24, 2.45) is 0 Å². The van der Waals surface area contributed by atoms with Gasteiger partial charge in [0.05, 0.1) is 11.5 Å². The van der Waals surface area contributed by atoms with Gasteiger partial charge < -0.3 is 9.64 Å². The second-order valence-corrected chi connectivity index (χ2v) is 4.63. The van der Waals surface area contributed by atoms with Crippen molar-refractivity contribution in [3.8, 4) is 5.75 Å². The molecule has 0 saturated carbocycles. The molecule has 0 bridgehead atoms. The van der Waals surface area contributed by atoms with Gasteiger partial charge in [0.2, 0.25) is 5.91 Å². The Morgan fingerprint density at radius 1 is 1.47 bits per heavy atom. The van der Waals surface area contributed by atoms with E-state index in [9.17, 15) is 14.9 Å². The molecule has 0 aliphatic carbocycles. The van der Waals surface area contributed by atoms with E-state index >= 15 is 0 Å². The zero-order valence-corrected chi connectivity index (χ0v) is 11.5. The number of likely N-dealkylation sites (N-methyl/N-ethyl adjacent to an activating group) is 1. The van der Waals surface area contributed by atoms with Crippen LogP contribution in [0.3, 0.4) is 0 Å². The molecular formula is C12H15ClN2O4. The van der Waals surface area contributed by atoms with Crippen LogP contribution >= 0.6 is 11.6 Å². The Morgan fingerprint density at radius 3 is 2.53 bits per heavy atom. The maximum absolute atomic E-state index is 11.5. The molecule has 104 valence electrons. The number of carbonyl (C=O) groups is 1. The van der Waals surface area contributed by atoms with Crippen LogP contribution in [0.15, 0.2) is 24.3 Å². The number of nitro groups is 1. The number of hydrogen-bond acceptors (Lipinski definition) is 4. The van der Waals surface area contributed by atoms with Crippen LogP contribution in [-0.2, 0) is 4.79 Å². The molecule has 1 rings (SSSR count). The number of ether oxygens (including phenoxy) is 1. The van der Waals surface area contributed by atoms with E-state index in [1.807, 2.05) is 0 Å². The lowest BCUT2D eigenvalue weighted by Gasteiger charge is -2.18. The molecule has 7 heteroatoms. The van der Waals surface area contributed by atoms with E-state index in [1.165, 1.54) is 29.2 Å². The number of halogens is 1. The molecule has 0 radical (unpaired) electrons. The van der Waals surface area contributed by atoms with Gasteiger partial charge in [-0.3, -0.25) is 14.9 Å². The van der Waals surface area contributed by atoms with Crippen LogP contribution in [0.1, 0.15) is 6.92 Å². The molecule has 0 N–H and O–H groups in total. The van der Waals surface area contributed by atoms with Gasteiger partial charge in [0, 0.05) is 19.2 Å². The molecule has 0 aliphatic rings. The number of non-ortho nitro benzene ring substituents is 1. The number of rotatable bonds is 6. The van der Waals surface area contributed by atoms with Gasteiger partial charge in [0.25, 0.3) is 5.69 Å². The summed E-state index contributed by atoms with van der Waals surface area (Å²) in [6, 6.07) is 5.77. The zero-order chi connectivity index (χ0) is 14.4. The van der Waals surface area contributed by atoms with Gasteiger partial charge in [-0.2, -0.15) is 0 Å². The van der Waals surface area contributed by atoms with Crippen molar-refractivity contribution in [3.05, 3.63) is 34.4 Å². The zero-order valence-electron chi connectivity index (χ0n) is 10.7. The lowest BCUT2D eigenvalue weighted by atomic mass is 10.3. The van der Waals surface area contributed by atoms with Crippen LogP contribution in [0.5, 0.6) is 5.75 Å². The molecule has 1 unspecified atom stereocenters. The second kappa shape index (κ2) is 6.94. The van der Waals surface area contributed by atoms with Crippen molar-refractivity contribution in [2.75, 3.05) is 20.2 Å². The van der Waals surface area contributed by atoms with Gasteiger partial charge in [-0.05, 0) is 19.1 Å². The molecule has 0 heterocycles. The fourth-order valence-corrected chi connectivity index (χ4v) is 1.54. The van der Waals surface area contributed by atoms with Gasteiger partial charge >= 0.3 is 0 Å². The number of nitro benzene ring substituents is 1. The number of benzene rings is 1. The first-order valence-electron chi connectivity index (χ1n) is 5.68. The fraction of sp³-hybridized carbons (Fsp3) is 0.417. The molecule has 0 aliphatic heterocycles. The highest BCUT2D eigenvalue weighted by molar-refractivity contribution is 6.30. The summed E-state index contributed by atoms with van der Waals surface area (Å²) in [6.07, 6.45) is 0. The predicted octanol–water partition coefficient (Wildman–Crippen LogP) is 2.06. The molecule has 1 aromatic rings. The Kier molecular flexibility index (Phi) is 5.57. The first-order chi connectivity index (χ1) is 8.91. The summed E-state index contributed by atoms with van der Waals surface area (Å²) >= 11 is 5.67. The first kappa shape index (κ1) is 15.2. The monoisotopic (exact) mass is 286 g/mol. The van der Waals surface area contributed by atoms with E-state index in [2.05, 4.69) is 0 Å². The molecule has 19 heavy (non-hydrogen) atoms. The Balaban J connectivity index is 2.41. The van der Waals surface area contributed by atoms with Crippen molar-refractivity contribution in [1.29, 1.82) is 0 Å². The summed E-state index contributed by atoms with van der Waals surface area (Å²) < 4.78 is 5.38. The summed E-state index contributed by atoms with van der Waals surface area (Å²) in [5.74, 6) is 0.347. The van der Waals surface area contributed by atoms with E-state index in [4.69, 9.17) is 16.3 Å². The van der Waals surface area contributed by atoms with E-state index in [1.54, 1.807) is 14.0 Å². The Labute approximate surface area is 116 Å². The summed E-state index contributed by atoms with van der Waals surface area (Å²) in [6.45, 7) is 2.30. The van der Waals surface area contributed by atoms with Crippen LogP contribution in [0.4, 0.5) is 5.69 Å². The first-order valence-corrected chi connectivity index (χ1v) is 6.11. The molecule has 1 atom stereocenters. The fourth-order valence-electron chi connectivity index (χ4n) is 1.38. The molecule has 6 nitrogen and oxygen atoms in total. The predicted molar refractivity (Wildman–Crippen MR) is 71.5 cm³/mol. The van der Waals surface area contributed by atoms with Crippen LogP contribution in [-0.4, -0.2) is 41.3 Å². The van der Waals surface area contributed by atoms with Gasteiger partial charge in [-0.1, -0.05) is 0 Å². The van der Waals surface area contributed by atoms with Gasteiger partial charge in [0.15, 0.2) is 0 Å². The summed E-state index contributed by atoms with van der Waals surface area (Å²) in [4.78, 5) is 22.9. The maximum atomic E-state index is 11.5. The van der Waals surface area contributed by atoms with E-state index < -0.39 is 10.3 Å². The maximum Gasteiger partial charge on any atom is 0.269 e. The van der Waals surface area contributed by atoms with E-state index in [0.29, 0.717) is 18.9 Å². The quantitative estimate of drug-likeness (QED) is 0.456. The topological polar surface area (TPSA) is 72.7 Å². The normalized spacial score (nSPS) is 11.7. The Bertz CT molecular complexity index is 448. The highest BCUT2D eigenvalue weighted by atomic mass is 35.5. The van der Waals surface area contributed by atoms with Gasteiger partial charge in [0.1, 0.15) is 17.7 Å². The van der Waals surface area contributed by atoms with Crippen molar-refractivity contribution in [2.45, 2.75) is 12.3 Å². The standard InChI is InChI=1S/C12H15ClN2O4/c1-9(13)12(16)14(2)7-8-19-11-5-3-10(4-6-11)15(17)18/h3-6,9H,7-8H2,1-2H3. The lowest BCUT2D eigenvalue weighted by Crippen LogP contribution is -2.35. The molecule has 0 fully saturated rings. The molecular weight excluding hydrogens is 272 g/mol. The molecule has 0 saturated heterocycles. The van der Waals surface area contributed by atoms with Crippen molar-refractivity contribution < 1.29 is 14.5 Å². The Hall–Kier alpha value is -1.82. The van der Waals surface area contributed by atoms with Crippen LogP contribution in [0, 0.1) is 10.1 Å². The van der Waals surface area contributed by atoms with Crippen molar-refractivity contribution in [3.63, 3.8) is 0 Å². The minimum Gasteiger partial charge on any atom is -0.492 e. The number of nitrogens with zero attached hydrogens (tertiary/aromatic N) is 2. The van der Waals surface area contributed by atoms with E-state index in [-0.39, 0.29) is 11.6 Å². The van der Waals surface area contributed by atoms with Gasteiger partial charge in [-0.25, -0.2) is 0 Å². The second-order valence-electron chi connectivity index (χ2n) is 3.98. The highest BCUT2D eigenvalue weighted by Gasteiger charge is 2.14. The SMILES string of the molecule is CC(Cl)C(=O)N(C)CCOc1ccc([N+](=O)[O-])cc1. The third-order valence-electron chi connectivity index (χ3n) is 2.46. The molecule has 0 spiro atoms. The van der Waals surface area contributed by atoms with Crippen molar-refractivity contribution in [1.82, 2.24) is 4.90 Å². The number of carbonyl (C=O) groups excluding carboxylic acids is 1. The third-order valence-corrected chi connectivity index (χ3v) is 2.65. The minimum absolute atomic E-state index is 0.00982. The average molecular weight is 287 g/mol. The molecule has 1 amide bonds. The van der Waals surface area contributed by atoms with Crippen LogP contribution < -0.4 is 4.74 Å².